The summed E-state index contributed by atoms with van der Waals surface area (Å²) >= 11 is 0. The summed E-state index contributed by atoms with van der Waals surface area (Å²) in [6.07, 6.45) is 5.80. The summed E-state index contributed by atoms with van der Waals surface area (Å²) in [4.78, 5) is 24.5. The summed E-state index contributed by atoms with van der Waals surface area (Å²) in [7, 11) is 0. The van der Waals surface area contributed by atoms with Crippen molar-refractivity contribution in [1.82, 2.24) is 0 Å². The van der Waals surface area contributed by atoms with Crippen molar-refractivity contribution in [2.75, 3.05) is 0 Å². The fourth-order valence-electron chi connectivity index (χ4n) is 7.49. The summed E-state index contributed by atoms with van der Waals surface area (Å²) in [5.74, 6) is 0.0351. The molecule has 182 valence electrons. The van der Waals surface area contributed by atoms with Crippen molar-refractivity contribution in [1.29, 1.82) is 0 Å². The van der Waals surface area contributed by atoms with E-state index in [9.17, 15) is 19.8 Å². The van der Waals surface area contributed by atoms with Crippen molar-refractivity contribution >= 4 is 12.1 Å². The molecule has 2 saturated heterocycles. The number of rotatable bonds is 5. The zero-order chi connectivity index (χ0) is 24.3. The lowest BCUT2D eigenvalue weighted by molar-refractivity contribution is -0.164. The van der Waals surface area contributed by atoms with Gasteiger partial charge < -0.3 is 24.5 Å². The normalized spacial score (nSPS) is 47.5. The minimum atomic E-state index is -1.13. The van der Waals surface area contributed by atoms with Gasteiger partial charge >= 0.3 is 0 Å². The molecule has 1 saturated carbocycles. The highest BCUT2D eigenvalue weighted by Gasteiger charge is 2.75. The lowest BCUT2D eigenvalue weighted by Gasteiger charge is -2.55. The lowest BCUT2D eigenvalue weighted by Crippen LogP contribution is -2.65. The number of hydrogen-bond acceptors (Lipinski definition) is 6. The van der Waals surface area contributed by atoms with Gasteiger partial charge in [-0.1, -0.05) is 31.2 Å². The fraction of sp³-hybridized carbons (Fsp3) is 0.643. The number of aliphatic hydroxyl groups is 2. The summed E-state index contributed by atoms with van der Waals surface area (Å²) in [6.45, 7) is 7.60. The number of benzene rings is 1. The van der Waals surface area contributed by atoms with E-state index in [0.717, 1.165) is 24.7 Å². The van der Waals surface area contributed by atoms with Gasteiger partial charge in [0.05, 0.1) is 17.6 Å². The second kappa shape index (κ2) is 6.88. The Kier molecular flexibility index (Phi) is 4.57. The summed E-state index contributed by atoms with van der Waals surface area (Å²) in [5, 5.41) is 22.5. The van der Waals surface area contributed by atoms with Crippen LogP contribution in [-0.2, 0) is 25.5 Å². The number of hydrogen-bond donors (Lipinski definition) is 2. The Morgan fingerprint density at radius 1 is 1.26 bits per heavy atom. The molecule has 6 heteroatoms. The van der Waals surface area contributed by atoms with Gasteiger partial charge in [-0.05, 0) is 68.7 Å². The molecule has 2 N–H and O–H groups in total. The van der Waals surface area contributed by atoms with Gasteiger partial charge in [0.2, 0.25) is 0 Å². The van der Waals surface area contributed by atoms with E-state index >= 15 is 0 Å². The first kappa shape index (κ1) is 22.6. The number of ketones is 1. The maximum atomic E-state index is 13.1. The molecule has 2 heterocycles. The largest absolute Gasteiger partial charge is 0.392 e. The van der Waals surface area contributed by atoms with E-state index in [-0.39, 0.29) is 35.7 Å². The molecular formula is C28H34O6. The van der Waals surface area contributed by atoms with E-state index in [2.05, 4.69) is 18.2 Å². The van der Waals surface area contributed by atoms with Crippen LogP contribution in [0.4, 0.5) is 0 Å². The van der Waals surface area contributed by atoms with Crippen LogP contribution in [0, 0.1) is 11.3 Å². The molecule has 3 aliphatic carbocycles. The third-order valence-electron chi connectivity index (χ3n) is 10.3. The van der Waals surface area contributed by atoms with Crippen LogP contribution in [0.25, 0.3) is 0 Å². The van der Waals surface area contributed by atoms with E-state index in [0.29, 0.717) is 12.8 Å². The van der Waals surface area contributed by atoms with Crippen molar-refractivity contribution in [3.05, 3.63) is 47.0 Å². The fourth-order valence-corrected chi connectivity index (χ4v) is 7.49. The topological polar surface area (TPSA) is 99.7 Å². The maximum absolute atomic E-state index is 13.1. The van der Waals surface area contributed by atoms with Crippen LogP contribution in [0.5, 0.6) is 0 Å². The Hall–Kier alpha value is -1.86. The SMILES string of the molecule is CC(c1ccc2c(c1)CCC1C2C2OC2C2(O)CC=CC(=O)C12C)C(O)CC1(C)OC1(C)C=O. The van der Waals surface area contributed by atoms with Crippen LogP contribution in [0.1, 0.15) is 75.5 Å². The first-order valence-corrected chi connectivity index (χ1v) is 12.6. The van der Waals surface area contributed by atoms with Crippen molar-refractivity contribution in [2.45, 2.75) is 100 Å². The number of fused-ring (bicyclic) bond motifs is 8. The molecule has 3 fully saturated rings. The Morgan fingerprint density at radius 2 is 2.03 bits per heavy atom. The Balaban J connectivity index is 1.27. The van der Waals surface area contributed by atoms with Crippen LogP contribution in [0.3, 0.4) is 0 Å². The van der Waals surface area contributed by atoms with Crippen molar-refractivity contribution in [2.24, 2.45) is 11.3 Å². The summed E-state index contributed by atoms with van der Waals surface area (Å²) < 4.78 is 11.7. The number of carbonyl (C=O) groups excluding carboxylic acids is 2. The predicted octanol–water partition coefficient (Wildman–Crippen LogP) is 2.98. The Labute approximate surface area is 200 Å². The van der Waals surface area contributed by atoms with E-state index in [1.807, 2.05) is 20.8 Å². The van der Waals surface area contributed by atoms with Crippen LogP contribution in [0.15, 0.2) is 30.4 Å². The van der Waals surface area contributed by atoms with E-state index in [1.54, 1.807) is 19.1 Å². The monoisotopic (exact) mass is 466 g/mol. The maximum Gasteiger partial charge on any atom is 0.164 e. The van der Waals surface area contributed by atoms with Gasteiger partial charge in [0, 0.05) is 18.3 Å². The van der Waals surface area contributed by atoms with Crippen molar-refractivity contribution in [3.8, 4) is 0 Å². The van der Waals surface area contributed by atoms with Crippen molar-refractivity contribution in [3.63, 3.8) is 0 Å². The highest BCUT2D eigenvalue weighted by molar-refractivity contribution is 5.97. The predicted molar refractivity (Wildman–Crippen MR) is 124 cm³/mol. The molecule has 6 nitrogen and oxygen atoms in total. The first-order chi connectivity index (χ1) is 16.0. The van der Waals surface area contributed by atoms with Crippen LogP contribution >= 0.6 is 0 Å². The van der Waals surface area contributed by atoms with Crippen molar-refractivity contribution < 1.29 is 29.3 Å². The zero-order valence-electron chi connectivity index (χ0n) is 20.3. The smallest absolute Gasteiger partial charge is 0.164 e. The second-order valence-electron chi connectivity index (χ2n) is 11.9. The molecule has 0 spiro atoms. The second-order valence-corrected chi connectivity index (χ2v) is 11.9. The van der Waals surface area contributed by atoms with E-state index < -0.39 is 28.3 Å². The quantitative estimate of drug-likeness (QED) is 0.511. The number of ether oxygens (including phenoxy) is 2. The summed E-state index contributed by atoms with van der Waals surface area (Å²) in [6, 6.07) is 6.41. The number of aryl methyl sites for hydroxylation is 1. The minimum Gasteiger partial charge on any atom is -0.392 e. The number of aliphatic hydroxyl groups excluding tert-OH is 1. The molecule has 0 bridgehead atoms. The van der Waals surface area contributed by atoms with Gasteiger partial charge in [0.1, 0.15) is 22.9 Å². The number of aldehydes is 1. The molecule has 5 aliphatic rings. The highest BCUT2D eigenvalue weighted by atomic mass is 16.6. The molecule has 0 amide bonds. The molecule has 1 aromatic carbocycles. The lowest BCUT2D eigenvalue weighted by atomic mass is 9.48. The molecule has 0 aromatic heterocycles. The molecule has 10 atom stereocenters. The van der Waals surface area contributed by atoms with Gasteiger partial charge in [0.25, 0.3) is 0 Å². The molecule has 10 unspecified atom stereocenters. The molecule has 34 heavy (non-hydrogen) atoms. The molecule has 2 aliphatic heterocycles. The van der Waals surface area contributed by atoms with E-state index in [1.165, 1.54) is 11.1 Å². The van der Waals surface area contributed by atoms with Gasteiger partial charge in [-0.2, -0.15) is 0 Å². The Bertz CT molecular complexity index is 1110. The van der Waals surface area contributed by atoms with Gasteiger partial charge in [-0.3, -0.25) is 4.79 Å². The molecule has 0 radical (unpaired) electrons. The molecular weight excluding hydrogens is 432 g/mol. The van der Waals surface area contributed by atoms with Crippen LogP contribution in [-0.4, -0.2) is 57.4 Å². The third-order valence-corrected chi connectivity index (χ3v) is 10.3. The standard InChI is InChI=1S/C28H34O6/c1-15(20(30)13-25(2)26(3,14-29)34-25)16-7-9-18-17(12-16)8-10-19-22(18)23-24(33-23)28(32)11-5-6-21(31)27(19,28)4/h5-7,9,12,14-15,19-20,22-24,30,32H,8,10-11,13H2,1-4H3. The number of carbonyl (C=O) groups is 2. The highest BCUT2D eigenvalue weighted by Crippen LogP contribution is 2.66. The molecule has 6 rings (SSSR count). The summed E-state index contributed by atoms with van der Waals surface area (Å²) in [5.41, 5.74) is 0.108. The average Bonchev–Trinajstić information content (AvgIpc) is 3.71. The van der Waals surface area contributed by atoms with Gasteiger partial charge in [-0.25, -0.2) is 0 Å². The average molecular weight is 467 g/mol. The Morgan fingerprint density at radius 3 is 2.74 bits per heavy atom. The third kappa shape index (κ3) is 2.71. The minimum absolute atomic E-state index is 0.0140. The van der Waals surface area contributed by atoms with Crippen LogP contribution in [0.2, 0.25) is 0 Å². The van der Waals surface area contributed by atoms with E-state index in [4.69, 9.17) is 9.47 Å². The number of epoxide rings is 2. The van der Waals surface area contributed by atoms with Gasteiger partial charge in [0.15, 0.2) is 12.1 Å². The number of allylic oxidation sites excluding steroid dienone is 1. The zero-order valence-corrected chi connectivity index (χ0v) is 20.3. The van der Waals surface area contributed by atoms with Gasteiger partial charge in [-0.15, -0.1) is 0 Å². The van der Waals surface area contributed by atoms with Crippen LogP contribution < -0.4 is 0 Å². The molecule has 1 aromatic rings. The first-order valence-electron chi connectivity index (χ1n) is 12.6.